The van der Waals surface area contributed by atoms with Crippen molar-refractivity contribution in [1.29, 1.82) is 0 Å². The molecule has 160 valence electrons. The first-order valence-corrected chi connectivity index (χ1v) is 10.1. The first-order chi connectivity index (χ1) is 14.4. The van der Waals surface area contributed by atoms with Crippen LogP contribution in [0.1, 0.15) is 12.0 Å². The van der Waals surface area contributed by atoms with E-state index < -0.39 is 5.41 Å². The molecule has 1 atom stereocenters. The van der Waals surface area contributed by atoms with E-state index in [1.807, 2.05) is 24.3 Å². The summed E-state index contributed by atoms with van der Waals surface area (Å²) in [6.07, 6.45) is 1.24. The van der Waals surface area contributed by atoms with E-state index in [0.29, 0.717) is 25.9 Å². The topological polar surface area (TPSA) is 59.1 Å². The van der Waals surface area contributed by atoms with Crippen molar-refractivity contribution in [3.63, 3.8) is 0 Å². The lowest BCUT2D eigenvalue weighted by Gasteiger charge is -2.31. The lowest BCUT2D eigenvalue weighted by molar-refractivity contribution is -0.140. The van der Waals surface area contributed by atoms with Crippen LogP contribution in [0.4, 0.5) is 0 Å². The molecule has 1 unspecified atom stereocenters. The van der Waals surface area contributed by atoms with Crippen LogP contribution in [0, 0.1) is 5.41 Å². The summed E-state index contributed by atoms with van der Waals surface area (Å²) in [5.74, 6) is 0.814. The fourth-order valence-electron chi connectivity index (χ4n) is 4.24. The van der Waals surface area contributed by atoms with Gasteiger partial charge in [0.05, 0.1) is 12.5 Å². The van der Waals surface area contributed by atoms with Gasteiger partial charge < -0.3 is 19.3 Å². The molecule has 2 aromatic carbocycles. The Morgan fingerprint density at radius 3 is 2.40 bits per heavy atom. The van der Waals surface area contributed by atoms with E-state index in [4.69, 9.17) is 9.47 Å². The molecule has 30 heavy (non-hydrogen) atoms. The number of hydrogen-bond acceptors (Lipinski definition) is 4. The van der Waals surface area contributed by atoms with Gasteiger partial charge in [0.25, 0.3) is 0 Å². The first-order valence-electron chi connectivity index (χ1n) is 10.1. The van der Waals surface area contributed by atoms with Crippen molar-refractivity contribution in [2.45, 2.75) is 12.8 Å². The van der Waals surface area contributed by atoms with Crippen LogP contribution in [-0.4, -0.2) is 69.6 Å². The molecule has 1 heterocycles. The minimum Gasteiger partial charge on any atom is -0.496 e. The molecule has 0 N–H and O–H groups in total. The summed E-state index contributed by atoms with van der Waals surface area (Å²) in [6, 6.07) is 16.1. The Bertz CT molecular complexity index is 894. The van der Waals surface area contributed by atoms with Crippen molar-refractivity contribution < 1.29 is 19.1 Å². The van der Waals surface area contributed by atoms with E-state index in [1.54, 1.807) is 31.0 Å². The zero-order valence-corrected chi connectivity index (χ0v) is 18.2. The van der Waals surface area contributed by atoms with Crippen molar-refractivity contribution in [3.05, 3.63) is 54.1 Å². The third kappa shape index (κ3) is 4.49. The van der Waals surface area contributed by atoms with E-state index in [0.717, 1.165) is 22.4 Å². The molecule has 0 aromatic heterocycles. The van der Waals surface area contributed by atoms with Gasteiger partial charge in [-0.2, -0.15) is 0 Å². The van der Waals surface area contributed by atoms with Crippen molar-refractivity contribution in [2.75, 3.05) is 48.0 Å². The Morgan fingerprint density at radius 1 is 1.07 bits per heavy atom. The Balaban J connectivity index is 1.83. The predicted molar refractivity (Wildman–Crippen MR) is 116 cm³/mol. The molecule has 1 aliphatic rings. The molecule has 1 aliphatic heterocycles. The number of ether oxygens (including phenoxy) is 2. The molecule has 0 bridgehead atoms. The molecule has 2 amide bonds. The number of carbonyl (C=O) groups excluding carboxylic acids is 2. The molecule has 3 rings (SSSR count). The number of benzene rings is 2. The molecule has 0 aliphatic carbocycles. The fraction of sp³-hybridized carbons (Fsp3) is 0.417. The molecule has 1 saturated heterocycles. The van der Waals surface area contributed by atoms with Gasteiger partial charge in [0.1, 0.15) is 12.4 Å². The minimum absolute atomic E-state index is 0.0415. The van der Waals surface area contributed by atoms with E-state index >= 15 is 0 Å². The van der Waals surface area contributed by atoms with Crippen LogP contribution in [0.15, 0.2) is 48.5 Å². The average Bonchev–Trinajstić information content (AvgIpc) is 3.19. The number of methoxy groups -OCH3 is 2. The van der Waals surface area contributed by atoms with Crippen molar-refractivity contribution in [2.24, 2.45) is 5.41 Å². The summed E-state index contributed by atoms with van der Waals surface area (Å²) in [5.41, 5.74) is 2.55. The van der Waals surface area contributed by atoms with Gasteiger partial charge in [-0.15, -0.1) is 0 Å². The monoisotopic (exact) mass is 410 g/mol. The van der Waals surface area contributed by atoms with Gasteiger partial charge >= 0.3 is 0 Å². The molecule has 1 fully saturated rings. The number of likely N-dealkylation sites (tertiary alicyclic amines) is 1. The highest BCUT2D eigenvalue weighted by molar-refractivity contribution is 5.85. The smallest absolute Gasteiger partial charge is 0.248 e. The number of carbonyl (C=O) groups is 2. The third-order valence-electron chi connectivity index (χ3n) is 5.75. The van der Waals surface area contributed by atoms with Gasteiger partial charge in [-0.1, -0.05) is 42.5 Å². The van der Waals surface area contributed by atoms with Gasteiger partial charge in [-0.25, -0.2) is 0 Å². The summed E-state index contributed by atoms with van der Waals surface area (Å²) in [7, 11) is 6.72. The summed E-state index contributed by atoms with van der Waals surface area (Å²) >= 11 is 0. The van der Waals surface area contributed by atoms with E-state index in [1.165, 1.54) is 7.11 Å². The third-order valence-corrected chi connectivity index (χ3v) is 5.75. The number of rotatable bonds is 7. The van der Waals surface area contributed by atoms with Crippen LogP contribution in [0.3, 0.4) is 0 Å². The van der Waals surface area contributed by atoms with E-state index in [9.17, 15) is 9.59 Å². The lowest BCUT2D eigenvalue weighted by atomic mass is 9.79. The van der Waals surface area contributed by atoms with Gasteiger partial charge in [-0.05, 0) is 30.0 Å². The number of nitrogens with zero attached hydrogens (tertiary/aromatic N) is 2. The number of para-hydroxylation sites is 1. The van der Waals surface area contributed by atoms with Gasteiger partial charge in [0, 0.05) is 39.9 Å². The maximum atomic E-state index is 13.1. The zero-order valence-electron chi connectivity index (χ0n) is 18.2. The number of amides is 2. The average molecular weight is 411 g/mol. The van der Waals surface area contributed by atoms with Crippen LogP contribution < -0.4 is 4.74 Å². The maximum absolute atomic E-state index is 13.1. The fourth-order valence-corrected chi connectivity index (χ4v) is 4.24. The summed E-state index contributed by atoms with van der Waals surface area (Å²) < 4.78 is 10.5. The van der Waals surface area contributed by atoms with Crippen LogP contribution in [0.2, 0.25) is 0 Å². The second kappa shape index (κ2) is 9.30. The molecule has 0 saturated carbocycles. The van der Waals surface area contributed by atoms with Crippen molar-refractivity contribution in [3.8, 4) is 16.9 Å². The van der Waals surface area contributed by atoms with Crippen LogP contribution in [0.25, 0.3) is 11.1 Å². The quantitative estimate of drug-likeness (QED) is 0.704. The first kappa shape index (κ1) is 21.8. The highest BCUT2D eigenvalue weighted by atomic mass is 16.5. The molecule has 0 radical (unpaired) electrons. The van der Waals surface area contributed by atoms with Gasteiger partial charge in [0.2, 0.25) is 11.8 Å². The zero-order chi connectivity index (χ0) is 21.7. The molecule has 6 nitrogen and oxygen atoms in total. The molecular weight excluding hydrogens is 380 g/mol. The van der Waals surface area contributed by atoms with E-state index in [-0.39, 0.29) is 18.4 Å². The highest BCUT2D eigenvalue weighted by Gasteiger charge is 2.46. The highest BCUT2D eigenvalue weighted by Crippen LogP contribution is 2.37. The van der Waals surface area contributed by atoms with Crippen LogP contribution >= 0.6 is 0 Å². The predicted octanol–water partition coefficient (Wildman–Crippen LogP) is 2.86. The second-order valence-corrected chi connectivity index (χ2v) is 8.05. The maximum Gasteiger partial charge on any atom is 0.248 e. The van der Waals surface area contributed by atoms with Crippen molar-refractivity contribution in [1.82, 2.24) is 9.80 Å². The summed E-state index contributed by atoms with van der Waals surface area (Å²) in [4.78, 5) is 28.8. The molecule has 0 spiro atoms. The van der Waals surface area contributed by atoms with Crippen LogP contribution in [0.5, 0.6) is 5.75 Å². The Hall–Kier alpha value is -2.86. The standard InChI is InChI=1S/C24H30N2O4/c1-25(2)23(28)24(13-14-26(17-24)22(27)16-29-3)15-18-9-11-19(12-10-18)20-7-5-6-8-21(20)30-4/h5-12H,13-17H2,1-4H3. The van der Waals surface area contributed by atoms with Crippen molar-refractivity contribution >= 4 is 11.8 Å². The molecular formula is C24H30N2O4. The Morgan fingerprint density at radius 2 is 1.77 bits per heavy atom. The summed E-state index contributed by atoms with van der Waals surface area (Å²) in [6.45, 7) is 1.03. The Kier molecular flexibility index (Phi) is 6.77. The minimum atomic E-state index is -0.612. The lowest BCUT2D eigenvalue weighted by Crippen LogP contribution is -2.45. The van der Waals surface area contributed by atoms with Gasteiger partial charge in [0.15, 0.2) is 0 Å². The largest absolute Gasteiger partial charge is 0.496 e. The molecule has 6 heteroatoms. The second-order valence-electron chi connectivity index (χ2n) is 8.05. The SMILES string of the molecule is COCC(=O)N1CCC(Cc2ccc(-c3ccccc3OC)cc2)(C(=O)N(C)C)C1. The molecule has 2 aromatic rings. The Labute approximate surface area is 178 Å². The van der Waals surface area contributed by atoms with Gasteiger partial charge in [-0.3, -0.25) is 9.59 Å². The van der Waals surface area contributed by atoms with Crippen LogP contribution in [-0.2, 0) is 20.7 Å². The van der Waals surface area contributed by atoms with E-state index in [2.05, 4.69) is 24.3 Å². The summed E-state index contributed by atoms with van der Waals surface area (Å²) in [5, 5.41) is 0. The normalized spacial score (nSPS) is 18.3. The number of hydrogen-bond donors (Lipinski definition) is 0.